The molecule has 0 aliphatic rings. The number of nitrogen functional groups attached to an aromatic ring is 1. The number of amides is 1. The first-order chi connectivity index (χ1) is 12.0. The first-order valence-corrected chi connectivity index (χ1v) is 9.20. The van der Waals surface area contributed by atoms with Crippen LogP contribution in [0.15, 0.2) is 48.5 Å². The largest absolute Gasteiger partial charge is 0.383 e. The van der Waals surface area contributed by atoms with Gasteiger partial charge in [-0.3, -0.25) is 9.36 Å². The van der Waals surface area contributed by atoms with E-state index in [9.17, 15) is 4.79 Å². The number of carbonyl (C=O) groups is 1. The van der Waals surface area contributed by atoms with Gasteiger partial charge in [-0.2, -0.15) is 0 Å². The van der Waals surface area contributed by atoms with E-state index in [1.54, 1.807) is 4.57 Å². The molecular formula is C19H19N3OS2. The van der Waals surface area contributed by atoms with Gasteiger partial charge in [-0.1, -0.05) is 48.1 Å². The molecule has 3 rings (SSSR count). The average Bonchev–Trinajstić information content (AvgIpc) is 2.91. The highest BCUT2D eigenvalue weighted by Gasteiger charge is 2.18. The van der Waals surface area contributed by atoms with Gasteiger partial charge >= 0.3 is 0 Å². The number of hydrogen-bond acceptors (Lipinski definition) is 4. The van der Waals surface area contributed by atoms with Gasteiger partial charge in [0, 0.05) is 11.4 Å². The minimum Gasteiger partial charge on any atom is -0.383 e. The smallest absolute Gasteiger partial charge is 0.269 e. The number of hydrogen-bond donors (Lipinski definition) is 2. The molecule has 0 radical (unpaired) electrons. The molecule has 0 fully saturated rings. The number of aryl methyl sites for hydroxylation is 2. The van der Waals surface area contributed by atoms with E-state index in [0.717, 1.165) is 23.4 Å². The number of nitrogens with two attached hydrogens (primary N) is 1. The molecule has 0 aliphatic carbocycles. The Hall–Kier alpha value is -2.44. The van der Waals surface area contributed by atoms with Gasteiger partial charge in [-0.05, 0) is 55.4 Å². The van der Waals surface area contributed by atoms with Crippen molar-refractivity contribution in [3.05, 3.63) is 68.5 Å². The van der Waals surface area contributed by atoms with Crippen LogP contribution in [0.2, 0.25) is 0 Å². The maximum absolute atomic E-state index is 12.6. The number of thiazole rings is 1. The molecule has 0 spiro atoms. The van der Waals surface area contributed by atoms with E-state index in [-0.39, 0.29) is 5.91 Å². The third kappa shape index (κ3) is 3.65. The van der Waals surface area contributed by atoms with E-state index >= 15 is 0 Å². The summed E-state index contributed by atoms with van der Waals surface area (Å²) in [5.41, 5.74) is 10.2. The van der Waals surface area contributed by atoms with Crippen molar-refractivity contribution in [2.45, 2.75) is 20.3 Å². The molecule has 0 saturated heterocycles. The summed E-state index contributed by atoms with van der Waals surface area (Å²) in [6.45, 7) is 4.10. The number of nitrogens with one attached hydrogen (secondary N) is 1. The Labute approximate surface area is 155 Å². The maximum atomic E-state index is 12.6. The quantitative estimate of drug-likeness (QED) is 0.638. The van der Waals surface area contributed by atoms with Gasteiger partial charge in [-0.25, -0.2) is 0 Å². The Morgan fingerprint density at radius 2 is 1.80 bits per heavy atom. The first-order valence-electron chi connectivity index (χ1n) is 7.98. The Morgan fingerprint density at radius 3 is 2.40 bits per heavy atom. The molecular weight excluding hydrogens is 350 g/mol. The van der Waals surface area contributed by atoms with Gasteiger partial charge in [-0.15, -0.1) is 0 Å². The zero-order valence-electron chi connectivity index (χ0n) is 14.1. The lowest BCUT2D eigenvalue weighted by atomic mass is 10.1. The zero-order valence-corrected chi connectivity index (χ0v) is 15.7. The third-order valence-electron chi connectivity index (χ3n) is 3.96. The standard InChI is InChI=1S/C19H19N3OS2/c1-3-13-6-10-15(11-7-13)22-17(20)16(25-19(22)24)18(23)21-14-8-4-12(2)5-9-14/h4-11H,3,20H2,1-2H3,(H,21,23). The molecule has 2 aromatic carbocycles. The van der Waals surface area contributed by atoms with Gasteiger partial charge < -0.3 is 11.1 Å². The molecule has 4 nitrogen and oxygen atoms in total. The van der Waals surface area contributed by atoms with Crippen LogP contribution >= 0.6 is 23.6 Å². The van der Waals surface area contributed by atoms with E-state index in [2.05, 4.69) is 12.2 Å². The average molecular weight is 370 g/mol. The van der Waals surface area contributed by atoms with Crippen molar-refractivity contribution in [3.63, 3.8) is 0 Å². The summed E-state index contributed by atoms with van der Waals surface area (Å²) in [4.78, 5) is 13.0. The van der Waals surface area contributed by atoms with E-state index in [1.807, 2.05) is 55.5 Å². The summed E-state index contributed by atoms with van der Waals surface area (Å²) in [7, 11) is 0. The highest BCUT2D eigenvalue weighted by molar-refractivity contribution is 7.73. The van der Waals surface area contributed by atoms with Gasteiger partial charge in [0.25, 0.3) is 5.91 Å². The number of rotatable bonds is 4. The van der Waals surface area contributed by atoms with E-state index in [4.69, 9.17) is 18.0 Å². The molecule has 1 aromatic heterocycles. The number of anilines is 2. The van der Waals surface area contributed by atoms with Crippen molar-refractivity contribution >= 4 is 41.0 Å². The van der Waals surface area contributed by atoms with Gasteiger partial charge in [0.1, 0.15) is 10.7 Å². The number of aromatic nitrogens is 1. The van der Waals surface area contributed by atoms with Crippen molar-refractivity contribution < 1.29 is 4.79 Å². The Kier molecular flexibility index (Phi) is 5.01. The van der Waals surface area contributed by atoms with E-state index < -0.39 is 0 Å². The van der Waals surface area contributed by atoms with Crippen molar-refractivity contribution in [2.24, 2.45) is 0 Å². The van der Waals surface area contributed by atoms with Crippen LogP contribution in [0, 0.1) is 10.9 Å². The number of nitrogens with zero attached hydrogens (tertiary/aromatic N) is 1. The normalized spacial score (nSPS) is 10.6. The summed E-state index contributed by atoms with van der Waals surface area (Å²) < 4.78 is 2.29. The molecule has 128 valence electrons. The number of benzene rings is 2. The van der Waals surface area contributed by atoms with Crippen molar-refractivity contribution in [3.8, 4) is 5.69 Å². The third-order valence-corrected chi connectivity index (χ3v) is 5.35. The molecule has 3 N–H and O–H groups in total. The summed E-state index contributed by atoms with van der Waals surface area (Å²) in [5.74, 6) is 0.116. The molecule has 0 saturated carbocycles. The van der Waals surface area contributed by atoms with Crippen LogP contribution in [0.5, 0.6) is 0 Å². The highest BCUT2D eigenvalue weighted by Crippen LogP contribution is 2.27. The fourth-order valence-electron chi connectivity index (χ4n) is 2.50. The monoisotopic (exact) mass is 369 g/mol. The minimum absolute atomic E-state index is 0.249. The van der Waals surface area contributed by atoms with Crippen molar-refractivity contribution in [2.75, 3.05) is 11.1 Å². The van der Waals surface area contributed by atoms with Gasteiger partial charge in [0.2, 0.25) is 0 Å². The van der Waals surface area contributed by atoms with Crippen LogP contribution in [0.1, 0.15) is 27.7 Å². The summed E-state index contributed by atoms with van der Waals surface area (Å²) in [6.07, 6.45) is 0.967. The predicted molar refractivity (Wildman–Crippen MR) is 107 cm³/mol. The number of carbonyl (C=O) groups excluding carboxylic acids is 1. The van der Waals surface area contributed by atoms with Crippen LogP contribution in [0.3, 0.4) is 0 Å². The maximum Gasteiger partial charge on any atom is 0.269 e. The zero-order chi connectivity index (χ0) is 18.0. The molecule has 1 heterocycles. The van der Waals surface area contributed by atoms with Crippen molar-refractivity contribution in [1.82, 2.24) is 4.57 Å². The van der Waals surface area contributed by atoms with Crippen LogP contribution in [-0.4, -0.2) is 10.5 Å². The predicted octanol–water partition coefficient (Wildman–Crippen LogP) is 4.97. The van der Waals surface area contributed by atoms with Gasteiger partial charge in [0.15, 0.2) is 3.95 Å². The Bertz CT molecular complexity index is 954. The second-order valence-electron chi connectivity index (χ2n) is 5.76. The summed E-state index contributed by atoms with van der Waals surface area (Å²) >= 11 is 6.64. The first kappa shape index (κ1) is 17.4. The van der Waals surface area contributed by atoms with Crippen molar-refractivity contribution in [1.29, 1.82) is 0 Å². The molecule has 25 heavy (non-hydrogen) atoms. The molecule has 0 atom stereocenters. The van der Waals surface area contributed by atoms with Crippen LogP contribution in [-0.2, 0) is 6.42 Å². The lowest BCUT2D eigenvalue weighted by Gasteiger charge is -2.08. The molecule has 3 aromatic rings. The molecule has 1 amide bonds. The molecule has 0 bridgehead atoms. The minimum atomic E-state index is -0.249. The van der Waals surface area contributed by atoms with Crippen LogP contribution in [0.4, 0.5) is 11.5 Å². The fraction of sp³-hybridized carbons (Fsp3) is 0.158. The summed E-state index contributed by atoms with van der Waals surface area (Å²) in [6, 6.07) is 15.6. The molecule has 6 heteroatoms. The molecule has 0 unspecified atom stereocenters. The fourth-order valence-corrected chi connectivity index (χ4v) is 3.76. The lowest BCUT2D eigenvalue weighted by molar-refractivity contribution is 0.103. The SMILES string of the molecule is CCc1ccc(-n2c(N)c(C(=O)Nc3ccc(C)cc3)sc2=S)cc1. The Morgan fingerprint density at radius 1 is 1.16 bits per heavy atom. The van der Waals surface area contributed by atoms with Crippen LogP contribution < -0.4 is 11.1 Å². The van der Waals surface area contributed by atoms with Gasteiger partial charge in [0.05, 0.1) is 0 Å². The summed E-state index contributed by atoms with van der Waals surface area (Å²) in [5, 5.41) is 2.87. The highest BCUT2D eigenvalue weighted by atomic mass is 32.1. The van der Waals surface area contributed by atoms with E-state index in [0.29, 0.717) is 14.6 Å². The second-order valence-corrected chi connectivity index (χ2v) is 7.40. The molecule has 0 aliphatic heterocycles. The second kappa shape index (κ2) is 7.21. The lowest BCUT2D eigenvalue weighted by Crippen LogP contribution is -2.13. The Balaban J connectivity index is 1.91. The topological polar surface area (TPSA) is 60.0 Å². The van der Waals surface area contributed by atoms with E-state index in [1.165, 1.54) is 16.9 Å². The van der Waals surface area contributed by atoms with Crippen LogP contribution in [0.25, 0.3) is 5.69 Å².